The lowest BCUT2D eigenvalue weighted by atomic mass is 9.44. The quantitative estimate of drug-likeness (QED) is 0.505. The van der Waals surface area contributed by atoms with Crippen molar-refractivity contribution in [1.82, 2.24) is 0 Å². The maximum absolute atomic E-state index is 12.2. The lowest BCUT2D eigenvalue weighted by Gasteiger charge is -2.59. The Labute approximate surface area is 142 Å². The Morgan fingerprint density at radius 1 is 1.08 bits per heavy atom. The van der Waals surface area contributed by atoms with Gasteiger partial charge >= 0.3 is 5.97 Å². The van der Waals surface area contributed by atoms with E-state index in [0.717, 1.165) is 17.6 Å². The molecule has 3 heterocycles. The van der Waals surface area contributed by atoms with Crippen molar-refractivity contribution in [3.05, 3.63) is 11.1 Å². The zero-order chi connectivity index (χ0) is 16.7. The average Bonchev–Trinajstić information content (AvgIpc) is 3.34. The number of epoxide rings is 2. The second-order valence-corrected chi connectivity index (χ2v) is 10.0. The van der Waals surface area contributed by atoms with Crippen LogP contribution in [0, 0.1) is 22.7 Å². The Hall–Kier alpha value is -0.870. The van der Waals surface area contributed by atoms with E-state index in [2.05, 4.69) is 20.8 Å². The molecule has 0 radical (unpaired) electrons. The van der Waals surface area contributed by atoms with Gasteiger partial charge < -0.3 is 14.2 Å². The van der Waals surface area contributed by atoms with Crippen LogP contribution in [0.15, 0.2) is 11.1 Å². The molecule has 6 unspecified atom stereocenters. The first-order chi connectivity index (χ1) is 11.3. The van der Waals surface area contributed by atoms with Gasteiger partial charge in [-0.05, 0) is 49.4 Å². The van der Waals surface area contributed by atoms with Gasteiger partial charge in [-0.3, -0.25) is 0 Å². The highest BCUT2D eigenvalue weighted by Gasteiger charge is 2.88. The molecule has 6 aliphatic rings. The van der Waals surface area contributed by atoms with Crippen molar-refractivity contribution in [3.8, 4) is 0 Å². The molecule has 130 valence electrons. The summed E-state index contributed by atoms with van der Waals surface area (Å²) < 4.78 is 18.4. The minimum Gasteiger partial charge on any atom is -0.422 e. The predicted molar refractivity (Wildman–Crippen MR) is 86.0 cm³/mol. The van der Waals surface area contributed by atoms with E-state index in [1.54, 1.807) is 0 Å². The number of carbonyl (C=O) groups is 1. The molecule has 5 fully saturated rings. The zero-order valence-electron chi connectivity index (χ0n) is 15.0. The summed E-state index contributed by atoms with van der Waals surface area (Å²) in [6, 6.07) is 0. The molecule has 24 heavy (non-hydrogen) atoms. The Morgan fingerprint density at radius 2 is 1.88 bits per heavy atom. The highest BCUT2D eigenvalue weighted by atomic mass is 16.8. The maximum Gasteiger partial charge on any atom is 0.336 e. The number of ether oxygens (including phenoxy) is 3. The molecule has 6 rings (SSSR count). The molecule has 4 nitrogen and oxygen atoms in total. The highest BCUT2D eigenvalue weighted by molar-refractivity contribution is 5.93. The molecular weight excluding hydrogens is 304 g/mol. The van der Waals surface area contributed by atoms with Crippen molar-refractivity contribution in [2.75, 3.05) is 0 Å². The van der Waals surface area contributed by atoms with Gasteiger partial charge in [0.25, 0.3) is 5.79 Å². The summed E-state index contributed by atoms with van der Waals surface area (Å²) in [6.45, 7) is 9.22. The number of fused-ring (bicyclic) bond motifs is 4. The summed E-state index contributed by atoms with van der Waals surface area (Å²) in [6.07, 6.45) is 6.23. The largest absolute Gasteiger partial charge is 0.422 e. The summed E-state index contributed by atoms with van der Waals surface area (Å²) >= 11 is 0. The van der Waals surface area contributed by atoms with Gasteiger partial charge in [0.1, 0.15) is 17.8 Å². The third kappa shape index (κ3) is 1.27. The third-order valence-electron chi connectivity index (χ3n) is 8.57. The normalized spacial score (nSPS) is 58.8. The van der Waals surface area contributed by atoms with Gasteiger partial charge in [-0.1, -0.05) is 27.2 Å². The van der Waals surface area contributed by atoms with Gasteiger partial charge in [0.05, 0.1) is 0 Å². The average molecular weight is 330 g/mol. The molecule has 0 aromatic rings. The van der Waals surface area contributed by atoms with Crippen molar-refractivity contribution in [2.24, 2.45) is 22.7 Å². The summed E-state index contributed by atoms with van der Waals surface area (Å²) in [5.41, 5.74) is 2.25. The van der Waals surface area contributed by atoms with Gasteiger partial charge in [0, 0.05) is 17.1 Å². The number of hydrogen-bond donors (Lipinski definition) is 0. The fourth-order valence-corrected chi connectivity index (χ4v) is 7.62. The first-order valence-corrected chi connectivity index (χ1v) is 9.56. The number of esters is 1. The van der Waals surface area contributed by atoms with Crippen LogP contribution < -0.4 is 0 Å². The molecule has 0 bridgehead atoms. The Kier molecular flexibility index (Phi) is 2.17. The van der Waals surface area contributed by atoms with Gasteiger partial charge in [-0.25, -0.2) is 4.79 Å². The number of hydrogen-bond acceptors (Lipinski definition) is 4. The lowest BCUT2D eigenvalue weighted by molar-refractivity contribution is -0.147. The number of carbonyl (C=O) groups excluding carboxylic acids is 1. The summed E-state index contributed by atoms with van der Waals surface area (Å²) in [5.74, 6) is 0.0886. The van der Waals surface area contributed by atoms with E-state index in [1.165, 1.54) is 25.7 Å². The molecule has 0 aromatic heterocycles. The summed E-state index contributed by atoms with van der Waals surface area (Å²) in [5, 5.41) is 0. The molecule has 0 amide bonds. The second-order valence-electron chi connectivity index (χ2n) is 10.0. The van der Waals surface area contributed by atoms with Crippen molar-refractivity contribution in [1.29, 1.82) is 0 Å². The van der Waals surface area contributed by atoms with E-state index in [0.29, 0.717) is 17.3 Å². The monoisotopic (exact) mass is 330 g/mol. The van der Waals surface area contributed by atoms with Crippen molar-refractivity contribution in [3.63, 3.8) is 0 Å². The van der Waals surface area contributed by atoms with E-state index in [9.17, 15) is 4.79 Å². The minimum absolute atomic E-state index is 0.00866. The second kappa shape index (κ2) is 3.64. The molecule has 0 aromatic carbocycles. The van der Waals surface area contributed by atoms with E-state index in [-0.39, 0.29) is 29.2 Å². The van der Waals surface area contributed by atoms with Crippen LogP contribution in [0.1, 0.15) is 59.8 Å². The standard InChI is InChI=1S/C20H26O4/c1-10-12-14-19(22-14)9-6-11-17(2,3)7-5-8-18(11,4)13(19)15-20(12,23-15)24-16(10)21/h11,13-15H,5-9H2,1-4H3/t11?,13?,14?,15?,18-,19?,20?/m1/s1. The summed E-state index contributed by atoms with van der Waals surface area (Å²) in [7, 11) is 0. The molecule has 0 N–H and O–H groups in total. The number of rotatable bonds is 0. The van der Waals surface area contributed by atoms with Crippen LogP contribution in [-0.2, 0) is 19.0 Å². The van der Waals surface area contributed by atoms with Crippen LogP contribution in [-0.4, -0.2) is 29.6 Å². The fourth-order valence-electron chi connectivity index (χ4n) is 7.62. The Bertz CT molecular complexity index is 723. The third-order valence-corrected chi connectivity index (χ3v) is 8.57. The van der Waals surface area contributed by atoms with Crippen LogP contribution in [0.5, 0.6) is 0 Å². The maximum atomic E-state index is 12.2. The molecule has 3 aliphatic heterocycles. The van der Waals surface area contributed by atoms with E-state index in [1.807, 2.05) is 6.92 Å². The SMILES string of the molecule is CC1=C2C3OC34CCC3C(C)(C)CCC[C@@]3(C)C4C3OC23OC1=O. The van der Waals surface area contributed by atoms with Gasteiger partial charge in [0.15, 0.2) is 0 Å². The first-order valence-electron chi connectivity index (χ1n) is 9.56. The lowest BCUT2D eigenvalue weighted by Crippen LogP contribution is -2.59. The van der Waals surface area contributed by atoms with Gasteiger partial charge in [-0.2, -0.15) is 0 Å². The smallest absolute Gasteiger partial charge is 0.336 e. The molecule has 7 atom stereocenters. The van der Waals surface area contributed by atoms with Crippen molar-refractivity contribution < 1.29 is 19.0 Å². The molecular formula is C20H26O4. The van der Waals surface area contributed by atoms with Crippen LogP contribution in [0.25, 0.3) is 0 Å². The molecule has 2 spiro atoms. The molecule has 3 saturated carbocycles. The van der Waals surface area contributed by atoms with E-state index < -0.39 is 5.79 Å². The molecule has 4 heteroatoms. The van der Waals surface area contributed by atoms with Crippen LogP contribution >= 0.6 is 0 Å². The van der Waals surface area contributed by atoms with Gasteiger partial charge in [-0.15, -0.1) is 0 Å². The zero-order valence-corrected chi connectivity index (χ0v) is 15.0. The van der Waals surface area contributed by atoms with Crippen molar-refractivity contribution in [2.45, 2.75) is 83.4 Å². The van der Waals surface area contributed by atoms with Gasteiger partial charge in [0.2, 0.25) is 0 Å². The van der Waals surface area contributed by atoms with E-state index in [4.69, 9.17) is 14.2 Å². The molecule has 3 aliphatic carbocycles. The predicted octanol–water partition coefficient (Wildman–Crippen LogP) is 3.35. The van der Waals surface area contributed by atoms with Crippen LogP contribution in [0.4, 0.5) is 0 Å². The Balaban J connectivity index is 1.49. The fraction of sp³-hybridized carbons (Fsp3) is 0.850. The van der Waals surface area contributed by atoms with E-state index >= 15 is 0 Å². The molecule has 2 saturated heterocycles. The van der Waals surface area contributed by atoms with Crippen LogP contribution in [0.3, 0.4) is 0 Å². The van der Waals surface area contributed by atoms with Crippen molar-refractivity contribution >= 4 is 5.97 Å². The first kappa shape index (κ1) is 14.3. The highest BCUT2D eigenvalue weighted by Crippen LogP contribution is 2.77. The summed E-state index contributed by atoms with van der Waals surface area (Å²) in [4.78, 5) is 12.2. The topological polar surface area (TPSA) is 51.4 Å². The minimum atomic E-state index is -0.761. The van der Waals surface area contributed by atoms with Crippen LogP contribution in [0.2, 0.25) is 0 Å². The Morgan fingerprint density at radius 3 is 2.67 bits per heavy atom.